The molecular formula is C25H17NO. The van der Waals surface area contributed by atoms with Crippen molar-refractivity contribution in [2.75, 3.05) is 0 Å². The van der Waals surface area contributed by atoms with E-state index in [9.17, 15) is 5.11 Å². The van der Waals surface area contributed by atoms with E-state index >= 15 is 0 Å². The van der Waals surface area contributed by atoms with Gasteiger partial charge in [0.2, 0.25) is 0 Å². The Morgan fingerprint density at radius 2 is 1.37 bits per heavy atom. The molecule has 0 bridgehead atoms. The molecule has 0 amide bonds. The Morgan fingerprint density at radius 3 is 2.30 bits per heavy atom. The Bertz CT molecular complexity index is 1330. The van der Waals surface area contributed by atoms with Crippen molar-refractivity contribution in [1.82, 2.24) is 4.98 Å². The summed E-state index contributed by atoms with van der Waals surface area (Å²) in [7, 11) is 0. The third-order valence-corrected chi connectivity index (χ3v) is 4.94. The van der Waals surface area contributed by atoms with Crippen molar-refractivity contribution in [2.45, 2.75) is 0 Å². The molecule has 4 aromatic carbocycles. The van der Waals surface area contributed by atoms with Crippen molar-refractivity contribution in [3.05, 3.63) is 96.2 Å². The zero-order valence-electron chi connectivity index (χ0n) is 14.6. The molecule has 0 fully saturated rings. The topological polar surface area (TPSA) is 33.1 Å². The van der Waals surface area contributed by atoms with Crippen LogP contribution in [0.25, 0.3) is 44.6 Å². The molecule has 1 heterocycles. The molecule has 0 unspecified atom stereocenters. The lowest BCUT2D eigenvalue weighted by Gasteiger charge is -2.05. The molecule has 1 aromatic heterocycles. The summed E-state index contributed by atoms with van der Waals surface area (Å²) in [6.07, 6.45) is 4.05. The van der Waals surface area contributed by atoms with Crippen molar-refractivity contribution >= 4 is 44.6 Å². The monoisotopic (exact) mass is 347 g/mol. The summed E-state index contributed by atoms with van der Waals surface area (Å²) >= 11 is 0. The Hall–Kier alpha value is -3.65. The van der Waals surface area contributed by atoms with Crippen LogP contribution in [0, 0.1) is 0 Å². The highest BCUT2D eigenvalue weighted by atomic mass is 16.3. The van der Waals surface area contributed by atoms with E-state index < -0.39 is 0 Å². The maximum absolute atomic E-state index is 10.0. The quantitative estimate of drug-likeness (QED) is 0.374. The molecule has 5 rings (SSSR count). The highest BCUT2D eigenvalue weighted by molar-refractivity contribution is 6.08. The first kappa shape index (κ1) is 15.6. The van der Waals surface area contributed by atoms with Gasteiger partial charge in [-0.1, -0.05) is 72.8 Å². The summed E-state index contributed by atoms with van der Waals surface area (Å²) in [5.74, 6) is 0.208. The maximum atomic E-state index is 10.0. The molecule has 0 aliphatic heterocycles. The van der Waals surface area contributed by atoms with Gasteiger partial charge in [-0.05, 0) is 51.4 Å². The lowest BCUT2D eigenvalue weighted by molar-refractivity contribution is 0.480. The Balaban J connectivity index is 1.58. The number of phenolic OH excluding ortho intramolecular Hbond substituents is 1. The van der Waals surface area contributed by atoms with Crippen molar-refractivity contribution in [3.8, 4) is 5.75 Å². The Labute approximate surface area is 157 Å². The van der Waals surface area contributed by atoms with Crippen LogP contribution in [0.5, 0.6) is 5.75 Å². The zero-order valence-corrected chi connectivity index (χ0v) is 14.6. The van der Waals surface area contributed by atoms with Crippen molar-refractivity contribution in [2.24, 2.45) is 0 Å². The van der Waals surface area contributed by atoms with E-state index in [0.717, 1.165) is 16.6 Å². The zero-order chi connectivity index (χ0) is 18.2. The SMILES string of the molecule is Oc1cccc2ccc(/C=C/c3ccc4ccc5ccccc5c4c3)nc12. The average Bonchev–Trinajstić information content (AvgIpc) is 2.72. The van der Waals surface area contributed by atoms with Gasteiger partial charge in [0.15, 0.2) is 0 Å². The fourth-order valence-electron chi connectivity index (χ4n) is 3.54. The van der Waals surface area contributed by atoms with Gasteiger partial charge in [0.25, 0.3) is 0 Å². The molecule has 2 nitrogen and oxygen atoms in total. The number of aromatic nitrogens is 1. The van der Waals surface area contributed by atoms with E-state index in [-0.39, 0.29) is 5.75 Å². The number of benzene rings is 4. The maximum Gasteiger partial charge on any atom is 0.141 e. The molecule has 0 spiro atoms. The second kappa shape index (κ2) is 6.26. The largest absolute Gasteiger partial charge is 0.506 e. The van der Waals surface area contributed by atoms with Gasteiger partial charge in [0.1, 0.15) is 11.3 Å². The number of fused-ring (bicyclic) bond motifs is 4. The summed E-state index contributed by atoms with van der Waals surface area (Å²) in [6, 6.07) is 28.7. The molecule has 128 valence electrons. The Morgan fingerprint density at radius 1 is 0.630 bits per heavy atom. The predicted molar refractivity (Wildman–Crippen MR) is 114 cm³/mol. The van der Waals surface area contributed by atoms with Crippen molar-refractivity contribution in [3.63, 3.8) is 0 Å². The van der Waals surface area contributed by atoms with Crippen LogP contribution in [0.4, 0.5) is 0 Å². The summed E-state index contributed by atoms with van der Waals surface area (Å²) in [6.45, 7) is 0. The molecule has 0 radical (unpaired) electrons. The van der Waals surface area contributed by atoms with Crippen LogP contribution in [-0.4, -0.2) is 10.1 Å². The second-order valence-electron chi connectivity index (χ2n) is 6.69. The van der Waals surface area contributed by atoms with Crippen molar-refractivity contribution in [1.29, 1.82) is 0 Å². The van der Waals surface area contributed by atoms with Gasteiger partial charge in [0, 0.05) is 5.39 Å². The minimum absolute atomic E-state index is 0.208. The first-order valence-electron chi connectivity index (χ1n) is 8.96. The van der Waals surface area contributed by atoms with E-state index in [4.69, 9.17) is 0 Å². The van der Waals surface area contributed by atoms with Crippen molar-refractivity contribution < 1.29 is 5.11 Å². The van der Waals surface area contributed by atoms with Crippen LogP contribution in [-0.2, 0) is 0 Å². The third kappa shape index (κ3) is 2.81. The number of aromatic hydroxyl groups is 1. The molecular weight excluding hydrogens is 330 g/mol. The van der Waals surface area contributed by atoms with Gasteiger partial charge in [-0.15, -0.1) is 0 Å². The minimum atomic E-state index is 0.208. The second-order valence-corrected chi connectivity index (χ2v) is 6.69. The van der Waals surface area contributed by atoms with Crippen LogP contribution >= 0.6 is 0 Å². The molecule has 5 aromatic rings. The van der Waals surface area contributed by atoms with Gasteiger partial charge in [-0.25, -0.2) is 4.98 Å². The molecule has 27 heavy (non-hydrogen) atoms. The molecule has 1 N–H and O–H groups in total. The summed E-state index contributed by atoms with van der Waals surface area (Å²) < 4.78 is 0. The summed E-state index contributed by atoms with van der Waals surface area (Å²) in [4.78, 5) is 4.57. The number of hydrogen-bond acceptors (Lipinski definition) is 2. The summed E-state index contributed by atoms with van der Waals surface area (Å²) in [5, 5.41) is 15.9. The highest BCUT2D eigenvalue weighted by Crippen LogP contribution is 2.27. The van der Waals surface area contributed by atoms with E-state index in [0.29, 0.717) is 5.52 Å². The number of pyridine rings is 1. The van der Waals surface area contributed by atoms with Gasteiger partial charge in [-0.3, -0.25) is 0 Å². The average molecular weight is 347 g/mol. The lowest BCUT2D eigenvalue weighted by Crippen LogP contribution is -1.84. The molecule has 0 saturated heterocycles. The lowest BCUT2D eigenvalue weighted by atomic mass is 10.00. The molecule has 2 heteroatoms. The summed E-state index contributed by atoms with van der Waals surface area (Å²) in [5.41, 5.74) is 2.57. The van der Waals surface area contributed by atoms with Crippen LogP contribution in [0.2, 0.25) is 0 Å². The minimum Gasteiger partial charge on any atom is -0.506 e. The van der Waals surface area contributed by atoms with Crippen LogP contribution in [0.3, 0.4) is 0 Å². The number of rotatable bonds is 2. The van der Waals surface area contributed by atoms with Crippen LogP contribution < -0.4 is 0 Å². The van der Waals surface area contributed by atoms with E-state index in [2.05, 4.69) is 65.7 Å². The van der Waals surface area contributed by atoms with Crippen LogP contribution in [0.15, 0.2) is 84.9 Å². The van der Waals surface area contributed by atoms with Crippen LogP contribution in [0.1, 0.15) is 11.3 Å². The molecule has 0 aliphatic carbocycles. The third-order valence-electron chi connectivity index (χ3n) is 4.94. The molecule has 0 aliphatic rings. The predicted octanol–water partition coefficient (Wildman–Crippen LogP) is 6.42. The first-order valence-corrected chi connectivity index (χ1v) is 8.96. The van der Waals surface area contributed by atoms with Gasteiger partial charge in [0.05, 0.1) is 5.69 Å². The number of phenols is 1. The number of hydrogen-bond donors (Lipinski definition) is 1. The fraction of sp³-hybridized carbons (Fsp3) is 0. The standard InChI is InChI=1S/C25H17NO/c27-24-7-3-5-20-13-15-21(26-25(20)24)14-9-17-8-10-19-12-11-18-4-1-2-6-22(18)23(19)16-17/h1-16,27H/b14-9+. The molecule has 0 saturated carbocycles. The van der Waals surface area contributed by atoms with Gasteiger partial charge >= 0.3 is 0 Å². The first-order chi connectivity index (χ1) is 13.3. The normalized spacial score (nSPS) is 11.7. The van der Waals surface area contributed by atoms with E-state index in [1.54, 1.807) is 6.07 Å². The molecule has 0 atom stereocenters. The smallest absolute Gasteiger partial charge is 0.141 e. The highest BCUT2D eigenvalue weighted by Gasteiger charge is 2.02. The number of para-hydroxylation sites is 1. The van der Waals surface area contributed by atoms with Gasteiger partial charge in [-0.2, -0.15) is 0 Å². The Kier molecular flexibility index (Phi) is 3.61. The van der Waals surface area contributed by atoms with E-state index in [1.165, 1.54) is 21.5 Å². The fourth-order valence-corrected chi connectivity index (χ4v) is 3.54. The van der Waals surface area contributed by atoms with Gasteiger partial charge < -0.3 is 5.11 Å². The van der Waals surface area contributed by atoms with E-state index in [1.807, 2.05) is 30.3 Å². The number of nitrogens with zero attached hydrogens (tertiary/aromatic N) is 1.